The van der Waals surface area contributed by atoms with Crippen molar-refractivity contribution in [1.82, 2.24) is 0 Å². The zero-order valence-corrected chi connectivity index (χ0v) is 14.5. The predicted molar refractivity (Wildman–Crippen MR) is 80.5 cm³/mol. The Balaban J connectivity index is 2.48. The molecular weight excluding hydrogens is 383 g/mol. The molecule has 0 bridgehead atoms. The monoisotopic (exact) mass is 408 g/mol. The van der Waals surface area contributed by atoms with Crippen LogP contribution in [0.1, 0.15) is 0 Å². The minimum atomic E-state index is -4.66. The van der Waals surface area contributed by atoms with E-state index in [0.717, 1.165) is 0 Å². The van der Waals surface area contributed by atoms with Gasteiger partial charge in [-0.15, -0.1) is 0 Å². The molecular formula is C12H25O13P. The van der Waals surface area contributed by atoms with E-state index in [1.54, 1.807) is 0 Å². The van der Waals surface area contributed by atoms with Crippen LogP contribution in [0.4, 0.5) is 0 Å². The van der Waals surface area contributed by atoms with Crippen molar-refractivity contribution in [2.75, 3.05) is 33.0 Å². The predicted octanol–water partition coefficient (Wildman–Crippen LogP) is -4.35. The van der Waals surface area contributed by atoms with Gasteiger partial charge in [0.25, 0.3) is 0 Å². The smallest absolute Gasteiger partial charge is 0.394 e. The summed E-state index contributed by atoms with van der Waals surface area (Å²) in [4.78, 5) is 9.37. The van der Waals surface area contributed by atoms with Crippen LogP contribution in [0, 0.1) is 0 Å². The molecule has 1 heterocycles. The summed E-state index contributed by atoms with van der Waals surface area (Å²) in [5.74, 6) is 0. The van der Waals surface area contributed by atoms with Crippen LogP contribution >= 0.6 is 7.82 Å². The van der Waals surface area contributed by atoms with Crippen molar-refractivity contribution in [3.8, 4) is 0 Å². The van der Waals surface area contributed by atoms with E-state index in [9.17, 15) is 29.9 Å². The van der Waals surface area contributed by atoms with Crippen LogP contribution in [0.25, 0.3) is 0 Å². The molecule has 0 aromatic carbocycles. The first-order valence-electron chi connectivity index (χ1n) is 7.62. The minimum absolute atomic E-state index is 0.406. The number of phosphoric acid groups is 1. The van der Waals surface area contributed by atoms with E-state index in [0.29, 0.717) is 0 Å². The number of phosphoric ester groups is 1. The van der Waals surface area contributed by atoms with Gasteiger partial charge in [0.05, 0.1) is 33.0 Å². The fourth-order valence-corrected chi connectivity index (χ4v) is 2.70. The molecule has 1 fully saturated rings. The molecule has 1 aliphatic heterocycles. The van der Waals surface area contributed by atoms with Gasteiger partial charge >= 0.3 is 7.82 Å². The number of ether oxygens (including phenoxy) is 2. The van der Waals surface area contributed by atoms with Gasteiger partial charge in [0, 0.05) is 0 Å². The van der Waals surface area contributed by atoms with E-state index >= 15 is 0 Å². The highest BCUT2D eigenvalue weighted by Gasteiger charge is 2.47. The summed E-state index contributed by atoms with van der Waals surface area (Å²) in [5, 5.41) is 65.0. The Kier molecular flexibility index (Phi) is 9.99. The lowest BCUT2D eigenvalue weighted by Crippen LogP contribution is -2.41. The van der Waals surface area contributed by atoms with Crippen LogP contribution in [0.3, 0.4) is 0 Å². The molecule has 1 aliphatic rings. The first kappa shape index (κ1) is 23.8. The zero-order valence-electron chi connectivity index (χ0n) is 13.6. The van der Waals surface area contributed by atoms with Gasteiger partial charge in [0.1, 0.15) is 36.6 Å². The summed E-state index contributed by atoms with van der Waals surface area (Å²) in [6.07, 6.45) is -10.4. The molecule has 0 spiro atoms. The van der Waals surface area contributed by atoms with Gasteiger partial charge in [-0.1, -0.05) is 0 Å². The second-order valence-electron chi connectivity index (χ2n) is 5.58. The van der Waals surface area contributed by atoms with E-state index < -0.39 is 83.8 Å². The highest BCUT2D eigenvalue weighted by atomic mass is 31.2. The third kappa shape index (κ3) is 7.40. The van der Waals surface area contributed by atoms with Gasteiger partial charge in [-0.25, -0.2) is 4.57 Å². The van der Waals surface area contributed by atoms with Crippen LogP contribution in [0.2, 0.25) is 0 Å². The number of hydrogen-bond donors (Lipinski definition) is 8. The Hall–Kier alpha value is -0.250. The molecule has 0 saturated carbocycles. The van der Waals surface area contributed by atoms with Crippen LogP contribution in [0.5, 0.6) is 0 Å². The molecule has 8 N–H and O–H groups in total. The van der Waals surface area contributed by atoms with Crippen molar-refractivity contribution in [2.24, 2.45) is 0 Å². The van der Waals surface area contributed by atoms with Crippen molar-refractivity contribution in [2.45, 2.75) is 42.9 Å². The fourth-order valence-electron chi connectivity index (χ4n) is 1.92. The topological polar surface area (TPSA) is 216 Å². The molecule has 0 aliphatic carbocycles. The number of hydrogen-bond acceptors (Lipinski definition) is 12. The van der Waals surface area contributed by atoms with Crippen molar-refractivity contribution < 1.29 is 63.7 Å². The van der Waals surface area contributed by atoms with Crippen molar-refractivity contribution >= 4 is 7.82 Å². The quantitative estimate of drug-likeness (QED) is 0.143. The van der Waals surface area contributed by atoms with Crippen LogP contribution in [0.15, 0.2) is 0 Å². The lowest BCUT2D eigenvalue weighted by Gasteiger charge is -2.22. The Morgan fingerprint density at radius 2 is 1.46 bits per heavy atom. The fraction of sp³-hybridized carbons (Fsp3) is 1.00. The third-order valence-electron chi connectivity index (χ3n) is 3.35. The van der Waals surface area contributed by atoms with Crippen LogP contribution in [-0.4, -0.2) is 117 Å². The van der Waals surface area contributed by atoms with E-state index in [2.05, 4.69) is 9.05 Å². The van der Waals surface area contributed by atoms with Gasteiger partial charge in [-0.05, 0) is 0 Å². The van der Waals surface area contributed by atoms with Gasteiger partial charge in [-0.2, -0.15) is 0 Å². The van der Waals surface area contributed by atoms with E-state index in [4.69, 9.17) is 24.8 Å². The standard InChI is InChI=1S/C12H25O13P/c13-1-6(15)3-22-12-10(19)9(18)11(25-12)8(17)5-24-26(20,21)23-4-7(16)2-14/h6-19H,1-5H2,(H,20,21)/t6?,7?,8-,9-,10-,11+,12-/m1/s1. The van der Waals surface area contributed by atoms with Crippen LogP contribution in [-0.2, 0) is 23.1 Å². The van der Waals surface area contributed by atoms with E-state index in [1.165, 1.54) is 0 Å². The molecule has 13 nitrogen and oxygen atoms in total. The normalized spacial score (nSPS) is 32.2. The van der Waals surface area contributed by atoms with Gasteiger partial charge < -0.3 is 50.1 Å². The zero-order chi connectivity index (χ0) is 19.9. The van der Waals surface area contributed by atoms with Crippen LogP contribution < -0.4 is 0 Å². The van der Waals surface area contributed by atoms with Crippen molar-refractivity contribution in [1.29, 1.82) is 0 Å². The lowest BCUT2D eigenvalue weighted by molar-refractivity contribution is -0.192. The second kappa shape index (κ2) is 10.9. The Morgan fingerprint density at radius 1 is 0.923 bits per heavy atom. The summed E-state index contributed by atoms with van der Waals surface area (Å²) in [6, 6.07) is 0. The van der Waals surface area contributed by atoms with Gasteiger partial charge in [-0.3, -0.25) is 9.05 Å². The van der Waals surface area contributed by atoms with E-state index in [-0.39, 0.29) is 0 Å². The largest absolute Gasteiger partial charge is 0.472 e. The molecule has 0 radical (unpaired) electrons. The Morgan fingerprint density at radius 3 is 2.04 bits per heavy atom. The molecule has 26 heavy (non-hydrogen) atoms. The SMILES string of the molecule is O=P(O)(OCC(O)CO)OC[C@@H](O)[C@@H]1O[C@@H](OCC(O)CO)[C@H](O)[C@H]1O. The molecule has 156 valence electrons. The number of aliphatic hydroxyl groups excluding tert-OH is 7. The molecule has 8 atom stereocenters. The first-order valence-corrected chi connectivity index (χ1v) is 9.11. The first-order chi connectivity index (χ1) is 12.1. The second-order valence-corrected chi connectivity index (χ2v) is 7.04. The highest BCUT2D eigenvalue weighted by molar-refractivity contribution is 7.47. The van der Waals surface area contributed by atoms with Gasteiger partial charge in [0.15, 0.2) is 6.29 Å². The summed E-state index contributed by atoms with van der Waals surface area (Å²) in [6.45, 7) is -3.22. The highest BCUT2D eigenvalue weighted by Crippen LogP contribution is 2.43. The molecule has 0 amide bonds. The van der Waals surface area contributed by atoms with Gasteiger partial charge in [0.2, 0.25) is 0 Å². The summed E-state index contributed by atoms with van der Waals surface area (Å²) in [7, 11) is -4.66. The summed E-state index contributed by atoms with van der Waals surface area (Å²) < 4.78 is 30.5. The molecule has 14 heteroatoms. The summed E-state index contributed by atoms with van der Waals surface area (Å²) >= 11 is 0. The molecule has 1 rings (SSSR count). The molecule has 0 aromatic heterocycles. The summed E-state index contributed by atoms with van der Waals surface area (Å²) in [5.41, 5.74) is 0. The third-order valence-corrected chi connectivity index (χ3v) is 4.30. The Labute approximate surface area is 148 Å². The molecule has 0 aromatic rings. The van der Waals surface area contributed by atoms with E-state index in [1.807, 2.05) is 0 Å². The van der Waals surface area contributed by atoms with Crippen molar-refractivity contribution in [3.63, 3.8) is 0 Å². The average Bonchev–Trinajstić information content (AvgIpc) is 2.90. The maximum atomic E-state index is 11.6. The number of aliphatic hydroxyl groups is 7. The lowest BCUT2D eigenvalue weighted by atomic mass is 10.1. The minimum Gasteiger partial charge on any atom is -0.394 e. The molecule has 1 saturated heterocycles. The maximum absolute atomic E-state index is 11.6. The Bertz CT molecular complexity index is 451. The van der Waals surface area contributed by atoms with Crippen molar-refractivity contribution in [3.05, 3.63) is 0 Å². The average molecular weight is 408 g/mol. The molecule has 3 unspecified atom stereocenters. The maximum Gasteiger partial charge on any atom is 0.472 e. The number of rotatable bonds is 12.